The summed E-state index contributed by atoms with van der Waals surface area (Å²) >= 11 is 5.59. The van der Waals surface area contributed by atoms with Gasteiger partial charge in [-0.1, -0.05) is 31.0 Å². The van der Waals surface area contributed by atoms with Crippen molar-refractivity contribution in [2.45, 2.75) is 32.3 Å². The molecule has 0 spiro atoms. The number of ketones is 1. The van der Waals surface area contributed by atoms with Crippen LogP contribution < -0.4 is 0 Å². The van der Waals surface area contributed by atoms with Crippen molar-refractivity contribution in [2.75, 3.05) is 0 Å². The minimum absolute atomic E-state index is 0.00437. The van der Waals surface area contributed by atoms with Crippen LogP contribution in [0.5, 0.6) is 0 Å². The van der Waals surface area contributed by atoms with Gasteiger partial charge < -0.3 is 5.11 Å². The van der Waals surface area contributed by atoms with Gasteiger partial charge in [-0.2, -0.15) is 0 Å². The number of benzene rings is 1. The molecule has 1 unspecified atom stereocenters. The summed E-state index contributed by atoms with van der Waals surface area (Å²) in [5.74, 6) is -0.767. The van der Waals surface area contributed by atoms with Crippen molar-refractivity contribution in [3.8, 4) is 0 Å². The van der Waals surface area contributed by atoms with Crippen molar-refractivity contribution in [2.24, 2.45) is 0 Å². The lowest BCUT2D eigenvalue weighted by Gasteiger charge is -2.08. The van der Waals surface area contributed by atoms with E-state index in [1.165, 1.54) is 18.2 Å². The summed E-state index contributed by atoms with van der Waals surface area (Å²) in [6, 6.07) is 4.13. The molecule has 1 rings (SSSR count). The summed E-state index contributed by atoms with van der Waals surface area (Å²) in [6.07, 6.45) is 0.347. The minimum Gasteiger partial charge on any atom is -0.385 e. The molecule has 16 heavy (non-hydrogen) atoms. The lowest BCUT2D eigenvalue weighted by Crippen LogP contribution is -2.21. The lowest BCUT2D eigenvalue weighted by atomic mass is 10.0. The highest BCUT2D eigenvalue weighted by Gasteiger charge is 2.14. The SMILES string of the molecule is CCCC(O)C(=O)Cc1ccc(F)c(Cl)c1. The molecule has 0 saturated carbocycles. The maximum absolute atomic E-state index is 12.8. The highest BCUT2D eigenvalue weighted by atomic mass is 35.5. The fourth-order valence-corrected chi connectivity index (χ4v) is 1.61. The number of carbonyl (C=O) groups is 1. The van der Waals surface area contributed by atoms with Gasteiger partial charge in [0.1, 0.15) is 11.9 Å². The summed E-state index contributed by atoms with van der Waals surface area (Å²) in [6.45, 7) is 1.89. The second-order valence-electron chi connectivity index (χ2n) is 3.70. The first kappa shape index (κ1) is 13.1. The van der Waals surface area contributed by atoms with E-state index < -0.39 is 11.9 Å². The van der Waals surface area contributed by atoms with Crippen molar-refractivity contribution in [1.29, 1.82) is 0 Å². The summed E-state index contributed by atoms with van der Waals surface area (Å²) in [7, 11) is 0. The number of carbonyl (C=O) groups excluding carboxylic acids is 1. The molecular formula is C12H14ClFO2. The molecule has 0 heterocycles. The van der Waals surface area contributed by atoms with E-state index in [0.717, 1.165) is 6.42 Å². The van der Waals surface area contributed by atoms with Gasteiger partial charge in [0.05, 0.1) is 5.02 Å². The molecule has 0 bridgehead atoms. The maximum atomic E-state index is 12.8. The van der Waals surface area contributed by atoms with E-state index >= 15 is 0 Å². The quantitative estimate of drug-likeness (QED) is 0.865. The second-order valence-corrected chi connectivity index (χ2v) is 4.10. The molecule has 0 aromatic heterocycles. The molecule has 1 aromatic rings. The number of aliphatic hydroxyl groups is 1. The Morgan fingerprint density at radius 1 is 1.56 bits per heavy atom. The molecule has 0 saturated heterocycles. The van der Waals surface area contributed by atoms with Gasteiger partial charge in [0.2, 0.25) is 0 Å². The average Bonchev–Trinajstić information content (AvgIpc) is 2.24. The summed E-state index contributed by atoms with van der Waals surface area (Å²) in [4.78, 5) is 11.5. The third-order valence-corrected chi connectivity index (χ3v) is 2.59. The van der Waals surface area contributed by atoms with E-state index in [0.29, 0.717) is 12.0 Å². The molecule has 0 aliphatic rings. The van der Waals surface area contributed by atoms with Crippen molar-refractivity contribution in [3.05, 3.63) is 34.6 Å². The van der Waals surface area contributed by atoms with Gasteiger partial charge in [-0.25, -0.2) is 4.39 Å². The fourth-order valence-electron chi connectivity index (χ4n) is 1.40. The molecular weight excluding hydrogens is 231 g/mol. The van der Waals surface area contributed by atoms with Crippen LogP contribution >= 0.6 is 11.6 Å². The first-order valence-corrected chi connectivity index (χ1v) is 5.57. The van der Waals surface area contributed by atoms with Crippen LogP contribution in [0.25, 0.3) is 0 Å². The smallest absolute Gasteiger partial charge is 0.165 e. The topological polar surface area (TPSA) is 37.3 Å². The normalized spacial score (nSPS) is 12.5. The van der Waals surface area contributed by atoms with Crippen LogP contribution in [-0.2, 0) is 11.2 Å². The van der Waals surface area contributed by atoms with Crippen LogP contribution in [-0.4, -0.2) is 17.0 Å². The molecule has 0 radical (unpaired) electrons. The van der Waals surface area contributed by atoms with Crippen LogP contribution in [0.3, 0.4) is 0 Å². The van der Waals surface area contributed by atoms with Gasteiger partial charge in [-0.15, -0.1) is 0 Å². The third kappa shape index (κ3) is 3.58. The van der Waals surface area contributed by atoms with Gasteiger partial charge in [0.25, 0.3) is 0 Å². The summed E-state index contributed by atoms with van der Waals surface area (Å²) in [5.41, 5.74) is 0.617. The van der Waals surface area contributed by atoms with Gasteiger partial charge in [0.15, 0.2) is 5.78 Å². The molecule has 2 nitrogen and oxygen atoms in total. The van der Waals surface area contributed by atoms with E-state index in [4.69, 9.17) is 11.6 Å². The van der Waals surface area contributed by atoms with Crippen molar-refractivity contribution >= 4 is 17.4 Å². The van der Waals surface area contributed by atoms with Crippen LogP contribution in [0.1, 0.15) is 25.3 Å². The Labute approximate surface area is 99.0 Å². The molecule has 4 heteroatoms. The van der Waals surface area contributed by atoms with Crippen molar-refractivity contribution in [1.82, 2.24) is 0 Å². The van der Waals surface area contributed by atoms with Crippen LogP contribution in [0, 0.1) is 5.82 Å². The molecule has 88 valence electrons. The fraction of sp³-hybridized carbons (Fsp3) is 0.417. The largest absolute Gasteiger partial charge is 0.385 e. The number of rotatable bonds is 5. The predicted molar refractivity (Wildman–Crippen MR) is 61.0 cm³/mol. The van der Waals surface area contributed by atoms with E-state index in [1.807, 2.05) is 6.92 Å². The molecule has 0 amide bonds. The Hall–Kier alpha value is -0.930. The highest BCUT2D eigenvalue weighted by molar-refractivity contribution is 6.30. The number of aliphatic hydroxyl groups excluding tert-OH is 1. The van der Waals surface area contributed by atoms with E-state index in [1.54, 1.807) is 0 Å². The molecule has 0 aliphatic heterocycles. The van der Waals surface area contributed by atoms with Crippen molar-refractivity contribution in [3.63, 3.8) is 0 Å². The number of hydrogen-bond donors (Lipinski definition) is 1. The average molecular weight is 245 g/mol. The zero-order valence-electron chi connectivity index (χ0n) is 9.04. The summed E-state index contributed by atoms with van der Waals surface area (Å²) < 4.78 is 12.8. The van der Waals surface area contributed by atoms with Gasteiger partial charge in [-0.3, -0.25) is 4.79 Å². The Morgan fingerprint density at radius 3 is 2.81 bits per heavy atom. The zero-order chi connectivity index (χ0) is 12.1. The Kier molecular flexibility index (Phi) is 4.90. The molecule has 0 aliphatic carbocycles. The Morgan fingerprint density at radius 2 is 2.25 bits per heavy atom. The van der Waals surface area contributed by atoms with E-state index in [-0.39, 0.29) is 17.2 Å². The highest BCUT2D eigenvalue weighted by Crippen LogP contribution is 2.17. The van der Waals surface area contributed by atoms with E-state index in [9.17, 15) is 14.3 Å². The van der Waals surface area contributed by atoms with Gasteiger partial charge in [-0.05, 0) is 24.1 Å². The monoisotopic (exact) mass is 244 g/mol. The molecule has 1 aromatic carbocycles. The molecule has 0 fully saturated rings. The van der Waals surface area contributed by atoms with Gasteiger partial charge >= 0.3 is 0 Å². The predicted octanol–water partition coefficient (Wildman–Crippen LogP) is 2.75. The maximum Gasteiger partial charge on any atom is 0.165 e. The molecule has 1 N–H and O–H groups in total. The number of hydrogen-bond acceptors (Lipinski definition) is 2. The zero-order valence-corrected chi connectivity index (χ0v) is 9.80. The van der Waals surface area contributed by atoms with Crippen LogP contribution in [0.15, 0.2) is 18.2 Å². The second kappa shape index (κ2) is 5.97. The molecule has 1 atom stereocenters. The Balaban J connectivity index is 2.66. The van der Waals surface area contributed by atoms with Crippen LogP contribution in [0.2, 0.25) is 5.02 Å². The number of Topliss-reactive ketones (excluding diaryl/α,β-unsaturated/α-hetero) is 1. The lowest BCUT2D eigenvalue weighted by molar-refractivity contribution is -0.126. The first-order valence-electron chi connectivity index (χ1n) is 5.19. The van der Waals surface area contributed by atoms with E-state index in [2.05, 4.69) is 0 Å². The van der Waals surface area contributed by atoms with Crippen LogP contribution in [0.4, 0.5) is 4.39 Å². The Bertz CT molecular complexity index is 379. The standard InChI is InChI=1S/C12H14ClFO2/c1-2-3-11(15)12(16)7-8-4-5-10(14)9(13)6-8/h4-6,11,15H,2-3,7H2,1H3. The van der Waals surface area contributed by atoms with Crippen molar-refractivity contribution < 1.29 is 14.3 Å². The van der Waals surface area contributed by atoms with Gasteiger partial charge in [0, 0.05) is 6.42 Å². The first-order chi connectivity index (χ1) is 7.54. The third-order valence-electron chi connectivity index (χ3n) is 2.30. The minimum atomic E-state index is -0.936. The number of halogens is 2. The summed E-state index contributed by atoms with van der Waals surface area (Å²) in [5, 5.41) is 9.44.